The molecule has 3 saturated heterocycles. The zero-order valence-electron chi connectivity index (χ0n) is 38.1. The second-order valence-corrected chi connectivity index (χ2v) is 18.1. The summed E-state index contributed by atoms with van der Waals surface area (Å²) in [6, 6.07) is 10.7. The average molecular weight is 927 g/mol. The lowest BCUT2D eigenvalue weighted by atomic mass is 9.82. The molecule has 0 spiro atoms. The third-order valence-electron chi connectivity index (χ3n) is 11.6. The molecule has 2 aromatic carbocycles. The summed E-state index contributed by atoms with van der Waals surface area (Å²) in [6.07, 6.45) is 5.52. The van der Waals surface area contributed by atoms with Crippen LogP contribution in [-0.4, -0.2) is 122 Å². The molecule has 4 aliphatic heterocycles. The van der Waals surface area contributed by atoms with E-state index in [0.29, 0.717) is 17.8 Å². The summed E-state index contributed by atoms with van der Waals surface area (Å²) >= 11 is 0. The highest BCUT2D eigenvalue weighted by atomic mass is 31.0. The Balaban J connectivity index is 0.000000493. The number of halogens is 3. The molecule has 1 aromatic heterocycles. The average Bonchev–Trinajstić information content (AvgIpc) is 4.12. The van der Waals surface area contributed by atoms with Gasteiger partial charge in [-0.15, -0.1) is 0 Å². The number of aldehydes is 1. The van der Waals surface area contributed by atoms with E-state index in [4.69, 9.17) is 4.74 Å². The van der Waals surface area contributed by atoms with Crippen molar-refractivity contribution in [3.63, 3.8) is 0 Å². The molecule has 3 fully saturated rings. The molecule has 19 heteroatoms. The van der Waals surface area contributed by atoms with Crippen LogP contribution in [0.3, 0.4) is 0 Å². The predicted molar refractivity (Wildman–Crippen MR) is 246 cm³/mol. The first-order valence-electron chi connectivity index (χ1n) is 21.7. The largest absolute Gasteiger partial charge is 0.453 e. The number of benzene rings is 2. The SMILES string of the molecule is C=N/C=C(\NCC1CC(F)(P)CN1C(=O)CNC(=O)OC)c1ccc(-c2ccc(-c3cnc([C@@H]4CC(F)(F)CN4C)[nH]3)c3c2C2CCC3O2)cc1.CCC.COC(=O)NC(C=O)C(C)C. The summed E-state index contributed by atoms with van der Waals surface area (Å²) in [5.74, 6) is -2.53. The van der Waals surface area contributed by atoms with Crippen molar-refractivity contribution in [1.29, 1.82) is 0 Å². The number of ether oxygens (including phenoxy) is 3. The maximum absolute atomic E-state index is 15.1. The first-order valence-corrected chi connectivity index (χ1v) is 22.3. The second kappa shape index (κ2) is 22.2. The summed E-state index contributed by atoms with van der Waals surface area (Å²) in [5.41, 5.74) is 7.54. The lowest BCUT2D eigenvalue weighted by molar-refractivity contribution is -0.131. The van der Waals surface area contributed by atoms with Gasteiger partial charge >= 0.3 is 12.2 Å². The van der Waals surface area contributed by atoms with E-state index in [0.717, 1.165) is 51.9 Å². The Bertz CT molecular complexity index is 2190. The van der Waals surface area contributed by atoms with E-state index < -0.39 is 47.6 Å². The van der Waals surface area contributed by atoms with Gasteiger partial charge in [-0.05, 0) is 60.3 Å². The van der Waals surface area contributed by atoms with Gasteiger partial charge in [0, 0.05) is 31.1 Å². The Labute approximate surface area is 380 Å². The molecule has 0 radical (unpaired) electrons. The van der Waals surface area contributed by atoms with Crippen LogP contribution in [0.4, 0.5) is 22.8 Å². The number of hydrogen-bond acceptors (Lipinski definition) is 11. The van der Waals surface area contributed by atoms with Crippen molar-refractivity contribution < 1.29 is 46.6 Å². The number of carbonyl (C=O) groups is 4. The smallest absolute Gasteiger partial charge is 0.407 e. The normalized spacial score (nSPS) is 23.3. The molecule has 0 aliphatic carbocycles. The fourth-order valence-electron chi connectivity index (χ4n) is 8.50. The zero-order valence-corrected chi connectivity index (χ0v) is 39.2. The third kappa shape index (κ3) is 12.5. The molecule has 65 heavy (non-hydrogen) atoms. The number of likely N-dealkylation sites (tertiary alicyclic amines) is 2. The molecule has 0 saturated carbocycles. The molecule has 7 rings (SSSR count). The minimum Gasteiger partial charge on any atom is -0.453 e. The predicted octanol–water partition coefficient (Wildman–Crippen LogP) is 7.73. The molecule has 2 bridgehead atoms. The summed E-state index contributed by atoms with van der Waals surface area (Å²) < 4.78 is 58.6. The Morgan fingerprint density at radius 2 is 1.63 bits per heavy atom. The zero-order chi connectivity index (χ0) is 47.6. The molecule has 6 unspecified atom stereocenters. The minimum absolute atomic E-state index is 0.0389. The van der Waals surface area contributed by atoms with Crippen LogP contribution in [0.15, 0.2) is 53.8 Å². The monoisotopic (exact) mass is 926 g/mol. The van der Waals surface area contributed by atoms with Crippen molar-refractivity contribution in [1.82, 2.24) is 35.7 Å². The van der Waals surface area contributed by atoms with E-state index in [1.807, 2.05) is 38.1 Å². The number of alkyl carbamates (subject to hydrolysis) is 2. The number of imidazole rings is 1. The minimum atomic E-state index is -2.74. The molecular weight excluding hydrogens is 865 g/mol. The number of H-pyrrole nitrogens is 1. The number of aromatic nitrogens is 2. The van der Waals surface area contributed by atoms with Gasteiger partial charge in [0.05, 0.1) is 75.2 Å². The van der Waals surface area contributed by atoms with Crippen LogP contribution in [0.5, 0.6) is 0 Å². The summed E-state index contributed by atoms with van der Waals surface area (Å²) in [7, 11) is 6.35. The topological polar surface area (TPSA) is 180 Å². The molecule has 354 valence electrons. The first kappa shape index (κ1) is 50.7. The lowest BCUT2D eigenvalue weighted by Gasteiger charge is -2.25. The van der Waals surface area contributed by atoms with Gasteiger partial charge in [-0.2, -0.15) is 0 Å². The van der Waals surface area contributed by atoms with E-state index in [-0.39, 0.29) is 57.1 Å². The van der Waals surface area contributed by atoms with Crippen LogP contribution >= 0.6 is 9.24 Å². The van der Waals surface area contributed by atoms with Crippen molar-refractivity contribution in [2.75, 3.05) is 47.4 Å². The third-order valence-corrected chi connectivity index (χ3v) is 12.0. The highest BCUT2D eigenvalue weighted by molar-refractivity contribution is 7.18. The fraction of sp³-hybridized carbons (Fsp3) is 0.522. The van der Waals surface area contributed by atoms with Crippen molar-refractivity contribution in [2.45, 2.75) is 101 Å². The van der Waals surface area contributed by atoms with Gasteiger partial charge < -0.3 is 44.8 Å². The fourth-order valence-corrected chi connectivity index (χ4v) is 8.97. The maximum atomic E-state index is 15.1. The molecule has 5 heterocycles. The van der Waals surface area contributed by atoms with Crippen LogP contribution in [0.25, 0.3) is 28.1 Å². The van der Waals surface area contributed by atoms with Crippen LogP contribution in [0.2, 0.25) is 0 Å². The van der Waals surface area contributed by atoms with Crippen LogP contribution < -0.4 is 16.0 Å². The number of hydrogen-bond donors (Lipinski definition) is 4. The van der Waals surface area contributed by atoms with E-state index >= 15 is 4.39 Å². The van der Waals surface area contributed by atoms with Crippen LogP contribution in [-0.2, 0) is 23.8 Å². The second-order valence-electron chi connectivity index (χ2n) is 17.0. The Kier molecular flexibility index (Phi) is 17.3. The number of alkyl halides is 3. The van der Waals surface area contributed by atoms with E-state index in [1.165, 1.54) is 25.5 Å². The number of nitrogens with zero attached hydrogens (tertiary/aromatic N) is 4. The number of rotatable bonds is 13. The first-order chi connectivity index (χ1) is 30.9. The molecule has 15 nitrogen and oxygen atoms in total. The van der Waals surface area contributed by atoms with Gasteiger partial charge in [-0.3, -0.25) is 14.7 Å². The van der Waals surface area contributed by atoms with E-state index in [1.54, 1.807) is 24.3 Å². The summed E-state index contributed by atoms with van der Waals surface area (Å²) in [4.78, 5) is 60.2. The van der Waals surface area contributed by atoms with E-state index in [9.17, 15) is 28.0 Å². The Morgan fingerprint density at radius 1 is 1.00 bits per heavy atom. The van der Waals surface area contributed by atoms with Gasteiger partial charge in [0.15, 0.2) is 0 Å². The van der Waals surface area contributed by atoms with Crippen LogP contribution in [0, 0.1) is 5.92 Å². The molecule has 3 amide bonds. The number of methoxy groups -OCH3 is 2. The Morgan fingerprint density at radius 3 is 2.20 bits per heavy atom. The van der Waals surface area contributed by atoms with Crippen molar-refractivity contribution in [3.05, 3.63) is 71.3 Å². The standard InChI is InChI=1S/C36H41F3N7O4P.C7H13NO3.C3H8/c1-40-15-25(41-14-22-12-36(39,51)19-46(22)30(47)17-43-34(48)49-3)21-6-4-20(5-7-21)23-8-9-24(32-29-11-10-28(50-29)31(23)32)26-16-42-33(44-26)27-13-35(37,38)18-45(27)2;1-5(2)6(4-9)8-7(10)11-3;1-3-2/h4-9,15-16,22,27-29,41H,1,10-14,17-19,51H2,2-3H3,(H,42,44)(H,43,48);4-6H,1-3H3,(H,8,10);3H2,1-2H3/b25-15-;;/t22?,27-,28?,29?,36?;;/m0../s1. The highest BCUT2D eigenvalue weighted by Crippen LogP contribution is 2.56. The number of aliphatic imine (C=N–C) groups is 1. The summed E-state index contributed by atoms with van der Waals surface area (Å²) in [6.45, 7) is 11.1. The van der Waals surface area contributed by atoms with Crippen molar-refractivity contribution in [2.24, 2.45) is 10.9 Å². The van der Waals surface area contributed by atoms with Crippen molar-refractivity contribution in [3.8, 4) is 22.4 Å². The van der Waals surface area contributed by atoms with Crippen LogP contribution in [0.1, 0.15) is 101 Å². The van der Waals surface area contributed by atoms with Crippen molar-refractivity contribution >= 4 is 46.0 Å². The number of amides is 3. The maximum Gasteiger partial charge on any atom is 0.407 e. The summed E-state index contributed by atoms with van der Waals surface area (Å²) in [5, 5.41) is 6.42. The lowest BCUT2D eigenvalue weighted by Crippen LogP contribution is -2.46. The Hall–Kier alpha value is -5.32. The molecular formula is C46H62F3N8O7P. The quantitative estimate of drug-likeness (QED) is 0.0753. The molecule has 3 aromatic rings. The van der Waals surface area contributed by atoms with E-state index in [2.05, 4.69) is 82.3 Å². The number of nitrogens with one attached hydrogen (secondary N) is 4. The van der Waals surface area contributed by atoms with Gasteiger partial charge in [0.1, 0.15) is 24.1 Å². The van der Waals surface area contributed by atoms with Gasteiger partial charge in [-0.1, -0.05) is 79.8 Å². The van der Waals surface area contributed by atoms with Gasteiger partial charge in [-0.25, -0.2) is 27.7 Å². The molecule has 4 aliphatic rings. The number of carbonyl (C=O) groups excluding carboxylic acids is 4. The number of fused-ring (bicyclic) bond motifs is 5. The highest BCUT2D eigenvalue weighted by Gasteiger charge is 2.46. The molecule has 7 atom stereocenters. The molecule has 4 N–H and O–H groups in total. The van der Waals surface area contributed by atoms with Gasteiger partial charge in [0.25, 0.3) is 5.92 Å². The number of aromatic amines is 1. The van der Waals surface area contributed by atoms with Gasteiger partial charge in [0.2, 0.25) is 5.91 Å².